The van der Waals surface area contributed by atoms with Crippen LogP contribution in [0.2, 0.25) is 5.02 Å². The van der Waals surface area contributed by atoms with E-state index >= 15 is 0 Å². The first kappa shape index (κ1) is 17.8. The van der Waals surface area contributed by atoms with Crippen molar-refractivity contribution in [2.45, 2.75) is 25.4 Å². The standard InChI is InChI=1S/C18H23ClN4O2/c1-25-16-7-5-13(19)11-15(16)23-18(24)21-10-8-14-6-4-12-3-2-9-20-17(12)22-14/h4-7,11-12,17,20H,2-3,8-10H2,1H3,(H2,21,23,24). The monoisotopic (exact) mass is 362 g/mol. The minimum Gasteiger partial charge on any atom is -0.495 e. The van der Waals surface area contributed by atoms with Gasteiger partial charge in [-0.1, -0.05) is 17.7 Å². The fourth-order valence-corrected chi connectivity index (χ4v) is 3.26. The second-order valence-corrected chi connectivity index (χ2v) is 6.60. The van der Waals surface area contributed by atoms with Crippen LogP contribution < -0.4 is 20.7 Å². The number of nitrogens with one attached hydrogen (secondary N) is 3. The van der Waals surface area contributed by atoms with E-state index in [1.54, 1.807) is 25.3 Å². The number of piperidine rings is 1. The van der Waals surface area contributed by atoms with Crippen LogP contribution in [0.1, 0.15) is 19.3 Å². The maximum atomic E-state index is 12.1. The van der Waals surface area contributed by atoms with E-state index in [1.165, 1.54) is 12.8 Å². The molecule has 6 nitrogen and oxygen atoms in total. The van der Waals surface area contributed by atoms with Crippen molar-refractivity contribution in [2.75, 3.05) is 25.5 Å². The number of dihydropyridines is 1. The Hall–Kier alpha value is -2.05. The minimum absolute atomic E-state index is 0.193. The molecule has 25 heavy (non-hydrogen) atoms. The number of hydrogen-bond acceptors (Lipinski definition) is 4. The number of anilines is 1. The van der Waals surface area contributed by atoms with Gasteiger partial charge in [0.25, 0.3) is 0 Å². The SMILES string of the molecule is COc1ccc(Cl)cc1NC(=O)NCCC1=NC2NCCCC2C=C1. The first-order valence-electron chi connectivity index (χ1n) is 8.52. The highest BCUT2D eigenvalue weighted by Crippen LogP contribution is 2.27. The van der Waals surface area contributed by atoms with Crippen LogP contribution in [0.15, 0.2) is 35.3 Å². The summed E-state index contributed by atoms with van der Waals surface area (Å²) < 4.78 is 5.21. The van der Waals surface area contributed by atoms with E-state index in [0.29, 0.717) is 35.3 Å². The van der Waals surface area contributed by atoms with Crippen LogP contribution in [0.5, 0.6) is 5.75 Å². The molecule has 2 aliphatic rings. The molecule has 1 fully saturated rings. The minimum atomic E-state index is -0.297. The summed E-state index contributed by atoms with van der Waals surface area (Å²) in [6.45, 7) is 1.53. The molecule has 2 heterocycles. The van der Waals surface area contributed by atoms with Gasteiger partial charge in [0.2, 0.25) is 0 Å². The molecule has 2 unspecified atom stereocenters. The van der Waals surface area contributed by atoms with Crippen molar-refractivity contribution < 1.29 is 9.53 Å². The average Bonchev–Trinajstić information content (AvgIpc) is 2.62. The topological polar surface area (TPSA) is 74.8 Å². The third-order valence-electron chi connectivity index (χ3n) is 4.39. The summed E-state index contributed by atoms with van der Waals surface area (Å²) in [5, 5.41) is 9.56. The Morgan fingerprint density at radius 1 is 1.48 bits per heavy atom. The van der Waals surface area contributed by atoms with E-state index in [2.05, 4.69) is 28.1 Å². The Bertz CT molecular complexity index is 690. The number of allylic oxidation sites excluding steroid dienone is 1. The molecule has 3 rings (SSSR count). The van der Waals surface area contributed by atoms with Crippen LogP contribution in [0.3, 0.4) is 0 Å². The molecule has 2 aliphatic heterocycles. The number of halogens is 1. The number of benzene rings is 1. The van der Waals surface area contributed by atoms with Gasteiger partial charge in [-0.2, -0.15) is 0 Å². The first-order chi connectivity index (χ1) is 12.2. The van der Waals surface area contributed by atoms with Crippen molar-refractivity contribution in [1.82, 2.24) is 10.6 Å². The Kier molecular flexibility index (Phi) is 5.94. The maximum absolute atomic E-state index is 12.1. The molecule has 0 bridgehead atoms. The van der Waals surface area contributed by atoms with E-state index in [4.69, 9.17) is 21.3 Å². The quantitative estimate of drug-likeness (QED) is 0.753. The largest absolute Gasteiger partial charge is 0.495 e. The molecule has 0 aromatic heterocycles. The molecule has 0 radical (unpaired) electrons. The number of nitrogens with zero attached hydrogens (tertiary/aromatic N) is 1. The van der Waals surface area contributed by atoms with Gasteiger partial charge in [-0.15, -0.1) is 0 Å². The normalized spacial score (nSPS) is 21.9. The van der Waals surface area contributed by atoms with Crippen molar-refractivity contribution in [3.8, 4) is 5.75 Å². The summed E-state index contributed by atoms with van der Waals surface area (Å²) in [4.78, 5) is 16.8. The zero-order valence-electron chi connectivity index (χ0n) is 14.2. The maximum Gasteiger partial charge on any atom is 0.319 e. The van der Waals surface area contributed by atoms with Crippen LogP contribution in [-0.2, 0) is 0 Å². The Morgan fingerprint density at radius 2 is 2.36 bits per heavy atom. The van der Waals surface area contributed by atoms with Crippen LogP contribution in [0, 0.1) is 5.92 Å². The van der Waals surface area contributed by atoms with Gasteiger partial charge in [0.05, 0.1) is 12.8 Å². The van der Waals surface area contributed by atoms with Crippen molar-refractivity contribution in [3.05, 3.63) is 35.4 Å². The Balaban J connectivity index is 1.48. The van der Waals surface area contributed by atoms with E-state index in [1.807, 2.05) is 0 Å². The Morgan fingerprint density at radius 3 is 3.20 bits per heavy atom. The second-order valence-electron chi connectivity index (χ2n) is 6.16. The number of methoxy groups -OCH3 is 1. The predicted octanol–water partition coefficient (Wildman–Crippen LogP) is 3.20. The van der Waals surface area contributed by atoms with Gasteiger partial charge in [-0.25, -0.2) is 4.79 Å². The summed E-state index contributed by atoms with van der Waals surface area (Å²) in [6, 6.07) is 4.79. The van der Waals surface area contributed by atoms with Gasteiger partial charge in [0.15, 0.2) is 0 Å². The third kappa shape index (κ3) is 4.74. The summed E-state index contributed by atoms with van der Waals surface area (Å²) >= 11 is 5.96. The lowest BCUT2D eigenvalue weighted by molar-refractivity contribution is 0.252. The van der Waals surface area contributed by atoms with Gasteiger partial charge in [0, 0.05) is 29.6 Å². The van der Waals surface area contributed by atoms with E-state index in [0.717, 1.165) is 12.3 Å². The number of carbonyl (C=O) groups is 1. The number of aliphatic imine (C=N–C) groups is 1. The number of carbonyl (C=O) groups excluding carboxylic acids is 1. The number of amides is 2. The van der Waals surface area contributed by atoms with Gasteiger partial charge < -0.3 is 15.4 Å². The molecule has 1 saturated heterocycles. The van der Waals surface area contributed by atoms with Gasteiger partial charge in [-0.05, 0) is 43.7 Å². The zero-order valence-corrected chi connectivity index (χ0v) is 15.0. The molecule has 7 heteroatoms. The number of urea groups is 1. The fraction of sp³-hybridized carbons (Fsp3) is 0.444. The highest BCUT2D eigenvalue weighted by atomic mass is 35.5. The van der Waals surface area contributed by atoms with Crippen LogP contribution in [0.4, 0.5) is 10.5 Å². The number of fused-ring (bicyclic) bond motifs is 1. The third-order valence-corrected chi connectivity index (χ3v) is 4.63. The van der Waals surface area contributed by atoms with Gasteiger partial charge in [-0.3, -0.25) is 10.3 Å². The lowest BCUT2D eigenvalue weighted by Crippen LogP contribution is -2.41. The fourth-order valence-electron chi connectivity index (χ4n) is 3.09. The van der Waals surface area contributed by atoms with Crippen molar-refractivity contribution in [2.24, 2.45) is 10.9 Å². The Labute approximate surface area is 152 Å². The molecule has 0 saturated carbocycles. The molecule has 2 atom stereocenters. The van der Waals surface area contributed by atoms with Crippen molar-refractivity contribution in [3.63, 3.8) is 0 Å². The highest BCUT2D eigenvalue weighted by molar-refractivity contribution is 6.31. The van der Waals surface area contributed by atoms with Gasteiger partial charge >= 0.3 is 6.03 Å². The molecular weight excluding hydrogens is 340 g/mol. The second kappa shape index (κ2) is 8.36. The lowest BCUT2D eigenvalue weighted by Gasteiger charge is -2.30. The molecule has 1 aromatic carbocycles. The molecule has 1 aromatic rings. The van der Waals surface area contributed by atoms with E-state index in [-0.39, 0.29) is 12.2 Å². The highest BCUT2D eigenvalue weighted by Gasteiger charge is 2.24. The summed E-state index contributed by atoms with van der Waals surface area (Å²) in [6.07, 6.45) is 7.59. The molecule has 2 amide bonds. The van der Waals surface area contributed by atoms with Crippen molar-refractivity contribution in [1.29, 1.82) is 0 Å². The number of hydrogen-bond donors (Lipinski definition) is 3. The van der Waals surface area contributed by atoms with Crippen LogP contribution >= 0.6 is 11.6 Å². The van der Waals surface area contributed by atoms with E-state index < -0.39 is 0 Å². The molecule has 134 valence electrons. The summed E-state index contributed by atoms with van der Waals surface area (Å²) in [7, 11) is 1.55. The molecule has 0 aliphatic carbocycles. The van der Waals surface area contributed by atoms with E-state index in [9.17, 15) is 4.79 Å². The average molecular weight is 363 g/mol. The summed E-state index contributed by atoms with van der Waals surface area (Å²) in [5.74, 6) is 1.07. The lowest BCUT2D eigenvalue weighted by atomic mass is 9.93. The van der Waals surface area contributed by atoms with Crippen LogP contribution in [0.25, 0.3) is 0 Å². The smallest absolute Gasteiger partial charge is 0.319 e. The van der Waals surface area contributed by atoms with Crippen molar-refractivity contribution >= 4 is 29.0 Å². The van der Waals surface area contributed by atoms with Gasteiger partial charge in [0.1, 0.15) is 11.9 Å². The molecule has 3 N–H and O–H groups in total. The summed E-state index contributed by atoms with van der Waals surface area (Å²) in [5.41, 5.74) is 1.55. The predicted molar refractivity (Wildman–Crippen MR) is 101 cm³/mol. The number of rotatable bonds is 5. The molecule has 0 spiro atoms. The molecular formula is C18H23ClN4O2. The van der Waals surface area contributed by atoms with Crippen LogP contribution in [-0.4, -0.2) is 38.1 Å². The number of ether oxygens (including phenoxy) is 1. The zero-order chi connectivity index (χ0) is 17.6. The first-order valence-corrected chi connectivity index (χ1v) is 8.90.